The number of pyridine rings is 1. The predicted molar refractivity (Wildman–Crippen MR) is 91.2 cm³/mol. The van der Waals surface area contributed by atoms with Gasteiger partial charge in [-0.3, -0.25) is 14.6 Å². The highest BCUT2D eigenvalue weighted by Crippen LogP contribution is 2.25. The van der Waals surface area contributed by atoms with Crippen molar-refractivity contribution in [2.45, 2.75) is 19.4 Å². The molecule has 0 atom stereocenters. The van der Waals surface area contributed by atoms with Crippen LogP contribution in [0.5, 0.6) is 0 Å². The van der Waals surface area contributed by atoms with Gasteiger partial charge in [0.2, 0.25) is 0 Å². The van der Waals surface area contributed by atoms with Gasteiger partial charge in [0.15, 0.2) is 0 Å². The van der Waals surface area contributed by atoms with Crippen molar-refractivity contribution in [2.24, 2.45) is 7.05 Å². The molecule has 4 heterocycles. The maximum Gasteiger partial charge on any atom is 0.116 e. The second-order valence-corrected chi connectivity index (χ2v) is 6.18. The van der Waals surface area contributed by atoms with Gasteiger partial charge in [-0.15, -0.1) is 0 Å². The highest BCUT2D eigenvalue weighted by molar-refractivity contribution is 5.63. The monoisotopic (exact) mass is 320 g/mol. The molecule has 24 heavy (non-hydrogen) atoms. The van der Waals surface area contributed by atoms with Crippen molar-refractivity contribution in [2.75, 3.05) is 13.1 Å². The fourth-order valence-corrected chi connectivity index (χ4v) is 3.30. The maximum absolute atomic E-state index is 4.55. The molecule has 0 amide bonds. The van der Waals surface area contributed by atoms with Gasteiger partial charge in [-0.05, 0) is 18.6 Å². The zero-order valence-electron chi connectivity index (χ0n) is 13.8. The number of aromatic nitrogens is 5. The Morgan fingerprint density at radius 1 is 1.08 bits per heavy atom. The molecule has 0 aliphatic carbocycles. The Morgan fingerprint density at radius 2 is 1.92 bits per heavy atom. The third-order valence-electron chi connectivity index (χ3n) is 4.50. The number of aryl methyl sites for hydroxylation is 1. The molecule has 0 spiro atoms. The number of nitrogens with zero attached hydrogens (tertiary/aromatic N) is 6. The van der Waals surface area contributed by atoms with E-state index in [4.69, 9.17) is 0 Å². The SMILES string of the molecule is Cn1cc(CN2CCc3ncnc(-c4ccncc4)c3CC2)cn1. The van der Waals surface area contributed by atoms with Crippen molar-refractivity contribution >= 4 is 0 Å². The van der Waals surface area contributed by atoms with Crippen LogP contribution in [-0.2, 0) is 26.4 Å². The number of rotatable bonds is 3. The highest BCUT2D eigenvalue weighted by atomic mass is 15.2. The minimum absolute atomic E-state index is 0.930. The van der Waals surface area contributed by atoms with Crippen LogP contribution in [0.2, 0.25) is 0 Å². The standard InChI is InChI=1S/C18H20N6/c1-23-11-14(10-22-23)12-24-8-4-16-17(5-9-24)20-13-21-18(16)15-2-6-19-7-3-15/h2-3,6-7,10-11,13H,4-5,8-9,12H2,1H3. The largest absolute Gasteiger partial charge is 0.298 e. The van der Waals surface area contributed by atoms with Gasteiger partial charge in [0, 0.05) is 74.1 Å². The van der Waals surface area contributed by atoms with E-state index in [1.165, 1.54) is 16.8 Å². The molecule has 0 saturated carbocycles. The molecular weight excluding hydrogens is 300 g/mol. The van der Waals surface area contributed by atoms with Crippen molar-refractivity contribution in [3.05, 3.63) is 60.1 Å². The first-order valence-corrected chi connectivity index (χ1v) is 8.22. The van der Waals surface area contributed by atoms with Crippen LogP contribution in [0.25, 0.3) is 11.3 Å². The molecule has 3 aromatic heterocycles. The minimum Gasteiger partial charge on any atom is -0.298 e. The second-order valence-electron chi connectivity index (χ2n) is 6.18. The molecule has 0 fully saturated rings. The average Bonchev–Trinajstić information content (AvgIpc) is 2.91. The molecule has 0 aromatic carbocycles. The summed E-state index contributed by atoms with van der Waals surface area (Å²) in [6.07, 6.45) is 11.3. The van der Waals surface area contributed by atoms with Gasteiger partial charge in [-0.25, -0.2) is 9.97 Å². The zero-order chi connectivity index (χ0) is 16.4. The van der Waals surface area contributed by atoms with Crippen LogP contribution in [0, 0.1) is 0 Å². The Kier molecular flexibility index (Phi) is 4.04. The minimum atomic E-state index is 0.930. The van der Waals surface area contributed by atoms with Crippen molar-refractivity contribution in [3.8, 4) is 11.3 Å². The van der Waals surface area contributed by atoms with Gasteiger partial charge < -0.3 is 0 Å². The van der Waals surface area contributed by atoms with E-state index in [2.05, 4.69) is 31.1 Å². The molecule has 6 nitrogen and oxygen atoms in total. The lowest BCUT2D eigenvalue weighted by atomic mass is 10.0. The van der Waals surface area contributed by atoms with Crippen molar-refractivity contribution in [1.82, 2.24) is 29.6 Å². The predicted octanol–water partition coefficient (Wildman–Crippen LogP) is 1.87. The first-order chi connectivity index (χ1) is 11.8. The lowest BCUT2D eigenvalue weighted by Gasteiger charge is -2.18. The van der Waals surface area contributed by atoms with Crippen molar-refractivity contribution in [1.29, 1.82) is 0 Å². The third-order valence-corrected chi connectivity index (χ3v) is 4.50. The summed E-state index contributed by atoms with van der Waals surface area (Å²) in [7, 11) is 1.96. The van der Waals surface area contributed by atoms with Crippen LogP contribution in [0.3, 0.4) is 0 Å². The fourth-order valence-electron chi connectivity index (χ4n) is 3.30. The summed E-state index contributed by atoms with van der Waals surface area (Å²) >= 11 is 0. The van der Waals surface area contributed by atoms with Gasteiger partial charge in [0.05, 0.1) is 11.9 Å². The van der Waals surface area contributed by atoms with Gasteiger partial charge in [0.1, 0.15) is 6.33 Å². The molecule has 4 rings (SSSR count). The molecule has 1 aliphatic rings. The molecule has 1 aliphatic heterocycles. The highest BCUT2D eigenvalue weighted by Gasteiger charge is 2.19. The molecule has 0 radical (unpaired) electrons. The van der Waals surface area contributed by atoms with Crippen LogP contribution in [-0.4, -0.2) is 42.7 Å². The van der Waals surface area contributed by atoms with Crippen LogP contribution in [0.15, 0.2) is 43.2 Å². The van der Waals surface area contributed by atoms with E-state index in [-0.39, 0.29) is 0 Å². The molecule has 0 unspecified atom stereocenters. The Balaban J connectivity index is 1.57. The first-order valence-electron chi connectivity index (χ1n) is 8.22. The Hall–Kier alpha value is -2.60. The van der Waals surface area contributed by atoms with E-state index in [0.29, 0.717) is 0 Å². The van der Waals surface area contributed by atoms with Gasteiger partial charge >= 0.3 is 0 Å². The average molecular weight is 320 g/mol. The zero-order valence-corrected chi connectivity index (χ0v) is 13.8. The van der Waals surface area contributed by atoms with Gasteiger partial charge in [0.25, 0.3) is 0 Å². The Morgan fingerprint density at radius 3 is 2.71 bits per heavy atom. The lowest BCUT2D eigenvalue weighted by molar-refractivity contribution is 0.279. The van der Waals surface area contributed by atoms with Crippen LogP contribution < -0.4 is 0 Å². The molecule has 122 valence electrons. The van der Waals surface area contributed by atoms with E-state index in [0.717, 1.165) is 43.7 Å². The Labute approximate surface area is 141 Å². The fraction of sp³-hybridized carbons (Fsp3) is 0.333. The van der Waals surface area contributed by atoms with E-state index in [9.17, 15) is 0 Å². The second kappa shape index (κ2) is 6.49. The van der Waals surface area contributed by atoms with Crippen molar-refractivity contribution in [3.63, 3.8) is 0 Å². The molecule has 0 N–H and O–H groups in total. The van der Waals surface area contributed by atoms with Crippen LogP contribution >= 0.6 is 0 Å². The lowest BCUT2D eigenvalue weighted by Crippen LogP contribution is -2.25. The summed E-state index contributed by atoms with van der Waals surface area (Å²) in [4.78, 5) is 15.7. The number of hydrogen-bond acceptors (Lipinski definition) is 5. The van der Waals surface area contributed by atoms with E-state index >= 15 is 0 Å². The first kappa shape index (κ1) is 15.0. The normalized spacial score (nSPS) is 15.0. The van der Waals surface area contributed by atoms with E-state index < -0.39 is 0 Å². The molecule has 0 bridgehead atoms. The molecule has 6 heteroatoms. The smallest absolute Gasteiger partial charge is 0.116 e. The van der Waals surface area contributed by atoms with Crippen LogP contribution in [0.4, 0.5) is 0 Å². The maximum atomic E-state index is 4.55. The summed E-state index contributed by atoms with van der Waals surface area (Å²) in [5.74, 6) is 0. The summed E-state index contributed by atoms with van der Waals surface area (Å²) < 4.78 is 1.86. The van der Waals surface area contributed by atoms with Gasteiger partial charge in [-0.2, -0.15) is 5.10 Å². The quantitative estimate of drug-likeness (QED) is 0.737. The molecular formula is C18H20N6. The molecule has 0 saturated heterocycles. The number of fused-ring (bicyclic) bond motifs is 1. The third kappa shape index (κ3) is 3.05. The van der Waals surface area contributed by atoms with Crippen LogP contribution in [0.1, 0.15) is 16.8 Å². The summed E-state index contributed by atoms with van der Waals surface area (Å²) in [6, 6.07) is 4.03. The Bertz CT molecular complexity index is 827. The van der Waals surface area contributed by atoms with Crippen molar-refractivity contribution < 1.29 is 0 Å². The summed E-state index contributed by atoms with van der Waals surface area (Å²) in [6.45, 7) is 2.95. The number of hydrogen-bond donors (Lipinski definition) is 0. The topological polar surface area (TPSA) is 59.7 Å². The summed E-state index contributed by atoms with van der Waals surface area (Å²) in [5, 5.41) is 4.26. The summed E-state index contributed by atoms with van der Waals surface area (Å²) in [5.41, 5.74) is 5.86. The van der Waals surface area contributed by atoms with E-state index in [1.807, 2.05) is 42.5 Å². The molecule has 3 aromatic rings. The van der Waals surface area contributed by atoms with Gasteiger partial charge in [-0.1, -0.05) is 0 Å². The van der Waals surface area contributed by atoms with E-state index in [1.54, 1.807) is 6.33 Å².